The van der Waals surface area contributed by atoms with Crippen LogP contribution in [0.2, 0.25) is 0 Å². The number of carbonyl (C=O) groups excluding carboxylic acids is 1. The maximum absolute atomic E-state index is 12.4. The second-order valence-electron chi connectivity index (χ2n) is 5.25. The van der Waals surface area contributed by atoms with Crippen molar-refractivity contribution in [2.45, 2.75) is 26.2 Å². The Hall–Kier alpha value is -2.44. The van der Waals surface area contributed by atoms with Crippen LogP contribution in [0, 0.1) is 28.6 Å². The van der Waals surface area contributed by atoms with Gasteiger partial charge in [0.15, 0.2) is 0 Å². The molecule has 0 aliphatic carbocycles. The molecule has 1 aliphatic rings. The standard InChI is InChI=1S/C18H19N3O2S/c1-3-9-24-18-14(11-20)16(13(10-19)17(22)21-18)12-7-5-6-8-15(12)23-4-2/h5-8,13,16H,3-4,9H2,1-2H3,(H,21,22)/t13-,16-/m1/s1. The van der Waals surface area contributed by atoms with Crippen LogP contribution in [0.25, 0.3) is 0 Å². The van der Waals surface area contributed by atoms with Crippen LogP contribution in [0.4, 0.5) is 0 Å². The van der Waals surface area contributed by atoms with Gasteiger partial charge in [-0.2, -0.15) is 10.5 Å². The number of benzene rings is 1. The van der Waals surface area contributed by atoms with Gasteiger partial charge in [0.05, 0.1) is 35.3 Å². The highest BCUT2D eigenvalue weighted by Gasteiger charge is 2.40. The van der Waals surface area contributed by atoms with Crippen molar-refractivity contribution in [2.24, 2.45) is 5.92 Å². The van der Waals surface area contributed by atoms with E-state index in [2.05, 4.69) is 17.5 Å². The van der Waals surface area contributed by atoms with Crippen LogP contribution in [0.1, 0.15) is 31.7 Å². The zero-order valence-corrected chi connectivity index (χ0v) is 14.5. The highest BCUT2D eigenvalue weighted by atomic mass is 32.2. The van der Waals surface area contributed by atoms with E-state index in [-0.39, 0.29) is 5.91 Å². The van der Waals surface area contributed by atoms with Gasteiger partial charge in [-0.1, -0.05) is 25.1 Å². The number of allylic oxidation sites excluding steroid dienone is 1. The van der Waals surface area contributed by atoms with Crippen LogP contribution >= 0.6 is 11.8 Å². The molecule has 24 heavy (non-hydrogen) atoms. The zero-order valence-electron chi connectivity index (χ0n) is 13.7. The highest BCUT2D eigenvalue weighted by molar-refractivity contribution is 8.03. The number of ether oxygens (including phenoxy) is 1. The summed E-state index contributed by atoms with van der Waals surface area (Å²) in [5.41, 5.74) is 1.12. The van der Waals surface area contributed by atoms with Crippen LogP contribution < -0.4 is 10.1 Å². The Morgan fingerprint density at radius 1 is 1.29 bits per heavy atom. The second kappa shape index (κ2) is 8.42. The predicted octanol–water partition coefficient (Wildman–Crippen LogP) is 3.32. The van der Waals surface area contributed by atoms with Crippen molar-refractivity contribution in [1.29, 1.82) is 10.5 Å². The van der Waals surface area contributed by atoms with Gasteiger partial charge in [-0.05, 0) is 25.2 Å². The summed E-state index contributed by atoms with van der Waals surface area (Å²) in [7, 11) is 0. The second-order valence-corrected chi connectivity index (χ2v) is 6.35. The predicted molar refractivity (Wildman–Crippen MR) is 93.0 cm³/mol. The van der Waals surface area contributed by atoms with Crippen LogP contribution in [-0.4, -0.2) is 18.3 Å². The average molecular weight is 341 g/mol. The number of nitriles is 2. The Kier molecular flexibility index (Phi) is 6.28. The first kappa shape index (κ1) is 17.9. The third kappa shape index (κ3) is 3.55. The van der Waals surface area contributed by atoms with Crippen molar-refractivity contribution in [3.05, 3.63) is 40.4 Å². The Labute approximate surface area is 146 Å². The number of amides is 1. The smallest absolute Gasteiger partial charge is 0.243 e. The van der Waals surface area contributed by atoms with E-state index in [0.29, 0.717) is 28.5 Å². The van der Waals surface area contributed by atoms with Crippen molar-refractivity contribution in [3.8, 4) is 17.9 Å². The molecule has 0 fully saturated rings. The quantitative estimate of drug-likeness (QED) is 0.858. The summed E-state index contributed by atoms with van der Waals surface area (Å²) in [5, 5.41) is 22.5. The summed E-state index contributed by atoms with van der Waals surface area (Å²) in [6.07, 6.45) is 0.921. The lowest BCUT2D eigenvalue weighted by molar-refractivity contribution is -0.123. The number of hydrogen-bond donors (Lipinski definition) is 1. The molecule has 1 aliphatic heterocycles. The van der Waals surface area contributed by atoms with Gasteiger partial charge in [-0.15, -0.1) is 11.8 Å². The topological polar surface area (TPSA) is 85.9 Å². The number of para-hydroxylation sites is 1. The monoisotopic (exact) mass is 341 g/mol. The molecule has 1 N–H and O–H groups in total. The molecule has 0 saturated heterocycles. The van der Waals surface area contributed by atoms with E-state index in [0.717, 1.165) is 12.2 Å². The third-order valence-corrected chi connectivity index (χ3v) is 4.90. The SMILES string of the molecule is CCCSC1=C(C#N)[C@H](c2ccccc2OCC)[C@@H](C#N)C(=O)N1. The number of nitrogens with one attached hydrogen (secondary N) is 1. The fourth-order valence-corrected chi connectivity index (χ4v) is 3.56. The molecule has 0 bridgehead atoms. The number of nitrogens with zero attached hydrogens (tertiary/aromatic N) is 2. The molecule has 0 radical (unpaired) electrons. The van der Waals surface area contributed by atoms with Gasteiger partial charge in [0, 0.05) is 5.56 Å². The van der Waals surface area contributed by atoms with Crippen LogP contribution in [0.3, 0.4) is 0 Å². The average Bonchev–Trinajstić information content (AvgIpc) is 2.60. The van der Waals surface area contributed by atoms with E-state index in [1.54, 1.807) is 6.07 Å². The Morgan fingerprint density at radius 3 is 2.67 bits per heavy atom. The van der Waals surface area contributed by atoms with E-state index < -0.39 is 11.8 Å². The molecule has 0 spiro atoms. The molecule has 1 aromatic rings. The Balaban J connectivity index is 2.59. The van der Waals surface area contributed by atoms with Crippen molar-refractivity contribution in [1.82, 2.24) is 5.32 Å². The van der Waals surface area contributed by atoms with E-state index >= 15 is 0 Å². The first-order chi connectivity index (χ1) is 11.7. The van der Waals surface area contributed by atoms with Crippen molar-refractivity contribution < 1.29 is 9.53 Å². The molecule has 124 valence electrons. The first-order valence-corrected chi connectivity index (χ1v) is 8.85. The molecule has 5 nitrogen and oxygen atoms in total. The van der Waals surface area contributed by atoms with E-state index in [1.165, 1.54) is 11.8 Å². The maximum atomic E-state index is 12.4. The third-order valence-electron chi connectivity index (χ3n) is 3.67. The summed E-state index contributed by atoms with van der Waals surface area (Å²) in [6, 6.07) is 11.5. The minimum absolute atomic E-state index is 0.369. The van der Waals surface area contributed by atoms with Gasteiger partial charge in [0.2, 0.25) is 5.91 Å². The van der Waals surface area contributed by atoms with E-state index in [4.69, 9.17) is 4.74 Å². The number of rotatable bonds is 6. The van der Waals surface area contributed by atoms with Crippen molar-refractivity contribution in [3.63, 3.8) is 0 Å². The number of hydrogen-bond acceptors (Lipinski definition) is 5. The zero-order chi connectivity index (χ0) is 17.5. The first-order valence-electron chi connectivity index (χ1n) is 7.87. The molecular formula is C18H19N3O2S. The Bertz CT molecular complexity index is 731. The lowest BCUT2D eigenvalue weighted by Gasteiger charge is -2.29. The molecule has 2 atom stereocenters. The van der Waals surface area contributed by atoms with Gasteiger partial charge in [-0.3, -0.25) is 4.79 Å². The minimum atomic E-state index is -0.952. The largest absolute Gasteiger partial charge is 0.494 e. The van der Waals surface area contributed by atoms with Crippen molar-refractivity contribution in [2.75, 3.05) is 12.4 Å². The lowest BCUT2D eigenvalue weighted by atomic mass is 9.79. The molecule has 0 aromatic heterocycles. The van der Waals surface area contributed by atoms with E-state index in [9.17, 15) is 15.3 Å². The van der Waals surface area contributed by atoms with E-state index in [1.807, 2.05) is 32.0 Å². The van der Waals surface area contributed by atoms with Gasteiger partial charge < -0.3 is 10.1 Å². The van der Waals surface area contributed by atoms with Crippen molar-refractivity contribution >= 4 is 17.7 Å². The maximum Gasteiger partial charge on any atom is 0.243 e. The molecule has 0 unspecified atom stereocenters. The summed E-state index contributed by atoms with van der Waals surface area (Å²) in [6.45, 7) is 4.37. The molecule has 2 rings (SSSR count). The lowest BCUT2D eigenvalue weighted by Crippen LogP contribution is -2.39. The summed E-state index contributed by atoms with van der Waals surface area (Å²) in [5.74, 6) is -0.542. The minimum Gasteiger partial charge on any atom is -0.494 e. The number of carbonyl (C=O) groups is 1. The van der Waals surface area contributed by atoms with Crippen LogP contribution in [0.5, 0.6) is 5.75 Å². The van der Waals surface area contributed by atoms with Gasteiger partial charge in [0.25, 0.3) is 0 Å². The van der Waals surface area contributed by atoms with Gasteiger partial charge in [-0.25, -0.2) is 0 Å². The summed E-state index contributed by atoms with van der Waals surface area (Å²) < 4.78 is 5.65. The normalized spacial score (nSPS) is 20.1. The number of thioether (sulfide) groups is 1. The molecule has 1 aromatic carbocycles. The molecule has 6 heteroatoms. The highest BCUT2D eigenvalue weighted by Crippen LogP contribution is 2.42. The molecule has 1 amide bonds. The van der Waals surface area contributed by atoms with Crippen LogP contribution in [-0.2, 0) is 4.79 Å². The van der Waals surface area contributed by atoms with Gasteiger partial charge in [0.1, 0.15) is 11.7 Å². The molecular weight excluding hydrogens is 322 g/mol. The fourth-order valence-electron chi connectivity index (χ4n) is 2.65. The molecule has 1 heterocycles. The van der Waals surface area contributed by atoms with Gasteiger partial charge >= 0.3 is 0 Å². The fraction of sp³-hybridized carbons (Fsp3) is 0.389. The molecule has 0 saturated carbocycles. The van der Waals surface area contributed by atoms with Crippen LogP contribution in [0.15, 0.2) is 34.9 Å². The summed E-state index contributed by atoms with van der Waals surface area (Å²) in [4.78, 5) is 12.4. The summed E-state index contributed by atoms with van der Waals surface area (Å²) >= 11 is 1.44. The Morgan fingerprint density at radius 2 is 2.04 bits per heavy atom.